The lowest BCUT2D eigenvalue weighted by molar-refractivity contribution is 0.113. The second kappa shape index (κ2) is 8.95. The van der Waals surface area contributed by atoms with E-state index in [9.17, 15) is 5.11 Å². The first-order valence-corrected chi connectivity index (χ1v) is 6.77. The quantitative estimate of drug-likeness (QED) is 0.685. The van der Waals surface area contributed by atoms with E-state index >= 15 is 0 Å². The fourth-order valence-electron chi connectivity index (χ4n) is 1.78. The molecule has 1 aromatic rings. The van der Waals surface area contributed by atoms with Gasteiger partial charge in [0, 0.05) is 18.8 Å². The molecule has 0 aromatic heterocycles. The summed E-state index contributed by atoms with van der Waals surface area (Å²) in [5, 5.41) is 10.2. The maximum Gasteiger partial charge on any atom is 0.125 e. The van der Waals surface area contributed by atoms with E-state index < -0.39 is 6.10 Å². The van der Waals surface area contributed by atoms with Crippen molar-refractivity contribution >= 4 is 0 Å². The normalized spacial score (nSPS) is 12.4. The summed E-state index contributed by atoms with van der Waals surface area (Å²) >= 11 is 0. The van der Waals surface area contributed by atoms with Crippen LogP contribution in [0.4, 0.5) is 0 Å². The lowest BCUT2D eigenvalue weighted by atomic mass is 10.0. The van der Waals surface area contributed by atoms with E-state index in [1.165, 1.54) is 0 Å². The van der Waals surface area contributed by atoms with Crippen molar-refractivity contribution in [3.05, 3.63) is 29.8 Å². The summed E-state index contributed by atoms with van der Waals surface area (Å²) in [4.78, 5) is 0. The van der Waals surface area contributed by atoms with Gasteiger partial charge in [0.05, 0.1) is 12.7 Å². The van der Waals surface area contributed by atoms with Gasteiger partial charge < -0.3 is 14.6 Å². The Bertz CT molecular complexity index is 325. The molecule has 0 saturated carbocycles. The summed E-state index contributed by atoms with van der Waals surface area (Å²) < 4.78 is 10.9. The minimum atomic E-state index is -0.474. The van der Waals surface area contributed by atoms with E-state index in [0.29, 0.717) is 19.6 Å². The molecule has 0 fully saturated rings. The minimum Gasteiger partial charge on any atom is -0.493 e. The summed E-state index contributed by atoms with van der Waals surface area (Å²) in [6.45, 7) is 6.16. The van der Waals surface area contributed by atoms with Crippen molar-refractivity contribution in [2.24, 2.45) is 0 Å². The Labute approximate surface area is 110 Å². The Kier molecular flexibility index (Phi) is 7.46. The van der Waals surface area contributed by atoms with Gasteiger partial charge in [-0.1, -0.05) is 25.1 Å². The number of hydrogen-bond donors (Lipinski definition) is 1. The molecule has 0 aliphatic heterocycles. The molecule has 102 valence electrons. The molecule has 0 radical (unpaired) electrons. The smallest absolute Gasteiger partial charge is 0.125 e. The van der Waals surface area contributed by atoms with Crippen LogP contribution in [0.2, 0.25) is 0 Å². The maximum atomic E-state index is 10.2. The predicted molar refractivity (Wildman–Crippen MR) is 72.9 cm³/mol. The maximum absolute atomic E-state index is 10.2. The van der Waals surface area contributed by atoms with Crippen molar-refractivity contribution in [3.63, 3.8) is 0 Å². The van der Waals surface area contributed by atoms with Crippen LogP contribution in [0.1, 0.15) is 44.8 Å². The van der Waals surface area contributed by atoms with Crippen LogP contribution in [0.15, 0.2) is 24.3 Å². The van der Waals surface area contributed by atoms with Crippen LogP contribution in [-0.4, -0.2) is 24.9 Å². The summed E-state index contributed by atoms with van der Waals surface area (Å²) in [6, 6.07) is 7.70. The summed E-state index contributed by atoms with van der Waals surface area (Å²) in [5.74, 6) is 0.795. The van der Waals surface area contributed by atoms with Crippen LogP contribution in [-0.2, 0) is 4.74 Å². The van der Waals surface area contributed by atoms with Crippen molar-refractivity contribution in [2.45, 2.75) is 39.2 Å². The second-order valence-corrected chi connectivity index (χ2v) is 4.24. The van der Waals surface area contributed by atoms with Crippen molar-refractivity contribution in [2.75, 3.05) is 19.8 Å². The molecular weight excluding hydrogens is 228 g/mol. The molecule has 0 saturated heterocycles. The number of aliphatic hydroxyl groups is 1. The van der Waals surface area contributed by atoms with Gasteiger partial charge in [0.25, 0.3) is 0 Å². The first-order valence-electron chi connectivity index (χ1n) is 6.77. The van der Waals surface area contributed by atoms with Gasteiger partial charge in [0.2, 0.25) is 0 Å². The summed E-state index contributed by atoms with van der Waals surface area (Å²) in [5.41, 5.74) is 0.877. The number of rotatable bonds is 9. The number of aliphatic hydroxyl groups excluding tert-OH is 1. The number of para-hydroxylation sites is 1. The lowest BCUT2D eigenvalue weighted by Crippen LogP contribution is -2.05. The van der Waals surface area contributed by atoms with E-state index in [0.717, 1.165) is 30.8 Å². The van der Waals surface area contributed by atoms with Crippen molar-refractivity contribution in [1.29, 1.82) is 0 Å². The first kappa shape index (κ1) is 15.0. The van der Waals surface area contributed by atoms with Gasteiger partial charge in [-0.15, -0.1) is 0 Å². The molecule has 1 rings (SSSR count). The predicted octanol–water partition coefficient (Wildman–Crippen LogP) is 3.33. The van der Waals surface area contributed by atoms with Gasteiger partial charge in [-0.3, -0.25) is 0 Å². The number of hydrogen-bond acceptors (Lipinski definition) is 3. The van der Waals surface area contributed by atoms with Crippen LogP contribution in [0.25, 0.3) is 0 Å². The molecule has 0 spiro atoms. The fraction of sp³-hybridized carbons (Fsp3) is 0.600. The number of ether oxygens (including phenoxy) is 2. The Hall–Kier alpha value is -1.06. The molecule has 0 bridgehead atoms. The largest absolute Gasteiger partial charge is 0.493 e. The van der Waals surface area contributed by atoms with Gasteiger partial charge >= 0.3 is 0 Å². The van der Waals surface area contributed by atoms with Crippen molar-refractivity contribution < 1.29 is 14.6 Å². The van der Waals surface area contributed by atoms with Crippen molar-refractivity contribution in [1.82, 2.24) is 0 Å². The molecule has 18 heavy (non-hydrogen) atoms. The Morgan fingerprint density at radius 2 is 1.94 bits per heavy atom. The van der Waals surface area contributed by atoms with Gasteiger partial charge in [0.1, 0.15) is 5.75 Å². The average molecular weight is 252 g/mol. The van der Waals surface area contributed by atoms with E-state index in [-0.39, 0.29) is 0 Å². The third kappa shape index (κ3) is 5.07. The molecule has 0 aliphatic rings. The van der Waals surface area contributed by atoms with E-state index in [1.54, 1.807) is 0 Å². The zero-order valence-electron chi connectivity index (χ0n) is 11.4. The van der Waals surface area contributed by atoms with E-state index in [1.807, 2.05) is 31.2 Å². The summed E-state index contributed by atoms with van der Waals surface area (Å²) in [6.07, 6.45) is 2.05. The molecule has 0 heterocycles. The highest BCUT2D eigenvalue weighted by Crippen LogP contribution is 2.28. The Morgan fingerprint density at radius 3 is 2.67 bits per heavy atom. The highest BCUT2D eigenvalue weighted by Gasteiger charge is 2.12. The lowest BCUT2D eigenvalue weighted by Gasteiger charge is -2.15. The molecule has 1 atom stereocenters. The second-order valence-electron chi connectivity index (χ2n) is 4.24. The molecule has 0 aliphatic carbocycles. The van der Waals surface area contributed by atoms with Crippen LogP contribution in [0, 0.1) is 0 Å². The Balaban J connectivity index is 2.52. The zero-order chi connectivity index (χ0) is 13.2. The van der Waals surface area contributed by atoms with Gasteiger partial charge in [-0.25, -0.2) is 0 Å². The molecular formula is C15H24O3. The molecule has 1 N–H and O–H groups in total. The third-order valence-corrected chi connectivity index (χ3v) is 2.71. The van der Waals surface area contributed by atoms with Crippen molar-refractivity contribution in [3.8, 4) is 5.75 Å². The molecule has 1 aromatic carbocycles. The molecule has 0 amide bonds. The van der Waals surface area contributed by atoms with Crippen LogP contribution < -0.4 is 4.74 Å². The average Bonchev–Trinajstić information content (AvgIpc) is 2.41. The molecule has 1 unspecified atom stereocenters. The molecule has 3 nitrogen and oxygen atoms in total. The van der Waals surface area contributed by atoms with Gasteiger partial charge in [0.15, 0.2) is 0 Å². The monoisotopic (exact) mass is 252 g/mol. The topological polar surface area (TPSA) is 38.7 Å². The fourth-order valence-corrected chi connectivity index (χ4v) is 1.78. The third-order valence-electron chi connectivity index (χ3n) is 2.71. The van der Waals surface area contributed by atoms with Crippen LogP contribution in [0.5, 0.6) is 5.75 Å². The number of benzene rings is 1. The standard InChI is InChI=1S/C15H24O3/c1-3-11-18-15-10-6-5-8-13(15)14(16)9-7-12-17-4-2/h5-6,8,10,14,16H,3-4,7,9,11-12H2,1-2H3. The van der Waals surface area contributed by atoms with Gasteiger partial charge in [-0.05, 0) is 32.3 Å². The minimum absolute atomic E-state index is 0.474. The van der Waals surface area contributed by atoms with Crippen LogP contribution in [0.3, 0.4) is 0 Å². The Morgan fingerprint density at radius 1 is 1.17 bits per heavy atom. The molecule has 3 heteroatoms. The van der Waals surface area contributed by atoms with Crippen LogP contribution >= 0.6 is 0 Å². The van der Waals surface area contributed by atoms with Gasteiger partial charge in [-0.2, -0.15) is 0 Å². The highest BCUT2D eigenvalue weighted by molar-refractivity contribution is 5.35. The zero-order valence-corrected chi connectivity index (χ0v) is 11.4. The van der Waals surface area contributed by atoms with E-state index in [4.69, 9.17) is 9.47 Å². The SMILES string of the molecule is CCCOc1ccccc1C(O)CCCOCC. The summed E-state index contributed by atoms with van der Waals surface area (Å²) in [7, 11) is 0. The highest BCUT2D eigenvalue weighted by atomic mass is 16.5. The van der Waals surface area contributed by atoms with E-state index in [2.05, 4.69) is 6.92 Å². The first-order chi connectivity index (χ1) is 8.79.